The van der Waals surface area contributed by atoms with Crippen LogP contribution in [0.5, 0.6) is 0 Å². The number of aryl methyl sites for hydroxylation is 1. The van der Waals surface area contributed by atoms with Crippen LogP contribution in [-0.4, -0.2) is 57.5 Å². The molecule has 5 atom stereocenters. The van der Waals surface area contributed by atoms with Crippen molar-refractivity contribution in [2.75, 3.05) is 6.61 Å². The summed E-state index contributed by atoms with van der Waals surface area (Å²) in [6.07, 6.45) is -3.45. The Hall–Kier alpha value is -1.82. The van der Waals surface area contributed by atoms with Crippen LogP contribution in [0.4, 0.5) is 0 Å². The maximum Gasteiger partial charge on any atom is 0.297 e. The predicted octanol–water partition coefficient (Wildman–Crippen LogP) is 1.75. The highest BCUT2D eigenvalue weighted by atomic mass is 32.2. The van der Waals surface area contributed by atoms with E-state index in [1.807, 2.05) is 20.8 Å². The van der Waals surface area contributed by atoms with E-state index >= 15 is 0 Å². The van der Waals surface area contributed by atoms with Crippen LogP contribution >= 0.6 is 0 Å². The molecule has 3 saturated heterocycles. The fourth-order valence-electron chi connectivity index (χ4n) is 3.83. The monoisotopic (exact) mass is 453 g/mol. The lowest BCUT2D eigenvalue weighted by molar-refractivity contribution is -0.225. The van der Waals surface area contributed by atoms with Gasteiger partial charge in [0.05, 0.1) is 17.1 Å². The van der Waals surface area contributed by atoms with Crippen molar-refractivity contribution in [3.63, 3.8) is 0 Å². The lowest BCUT2D eigenvalue weighted by Gasteiger charge is -2.36. The smallest absolute Gasteiger partial charge is 0.297 e. The molecule has 1 aromatic rings. The van der Waals surface area contributed by atoms with E-state index in [0.29, 0.717) is 5.57 Å². The van der Waals surface area contributed by atoms with Gasteiger partial charge in [-0.15, -0.1) is 0 Å². The molecule has 3 heterocycles. The molecule has 0 aromatic heterocycles. The Bertz CT molecular complexity index is 997. The van der Waals surface area contributed by atoms with Gasteiger partial charge in [0, 0.05) is 0 Å². The Balaban J connectivity index is 1.50. The molecule has 0 unspecified atom stereocenters. The molecular formula is C21H27NO8S. The summed E-state index contributed by atoms with van der Waals surface area (Å²) < 4.78 is 54.1. The Morgan fingerprint density at radius 1 is 1.16 bits per heavy atom. The normalized spacial score (nSPS) is 31.8. The van der Waals surface area contributed by atoms with Gasteiger partial charge in [0.2, 0.25) is 0 Å². The van der Waals surface area contributed by atoms with Crippen LogP contribution in [-0.2, 0) is 38.0 Å². The van der Waals surface area contributed by atoms with E-state index in [0.717, 1.165) is 11.1 Å². The summed E-state index contributed by atoms with van der Waals surface area (Å²) in [5, 5.41) is 2.70. The molecular weight excluding hydrogens is 426 g/mol. The molecule has 0 bridgehead atoms. The molecule has 0 saturated carbocycles. The molecule has 1 aromatic carbocycles. The van der Waals surface area contributed by atoms with Gasteiger partial charge in [0.25, 0.3) is 16.0 Å². The molecule has 3 fully saturated rings. The summed E-state index contributed by atoms with van der Waals surface area (Å²) >= 11 is 0. The highest BCUT2D eigenvalue weighted by molar-refractivity contribution is 7.86. The highest BCUT2D eigenvalue weighted by Gasteiger charge is 2.57. The van der Waals surface area contributed by atoms with Crippen LogP contribution < -0.4 is 5.32 Å². The van der Waals surface area contributed by atoms with Crippen LogP contribution in [0.15, 0.2) is 40.3 Å². The van der Waals surface area contributed by atoms with Crippen molar-refractivity contribution in [1.82, 2.24) is 5.32 Å². The zero-order chi connectivity index (χ0) is 22.6. The minimum atomic E-state index is -3.98. The van der Waals surface area contributed by atoms with Gasteiger partial charge in [-0.1, -0.05) is 23.3 Å². The number of carbonyl (C=O) groups excluding carboxylic acids is 1. The maximum atomic E-state index is 12.6. The first-order valence-electron chi connectivity index (χ1n) is 10.1. The van der Waals surface area contributed by atoms with Crippen LogP contribution in [0, 0.1) is 6.92 Å². The third-order valence-corrected chi connectivity index (χ3v) is 6.68. The van der Waals surface area contributed by atoms with E-state index in [2.05, 4.69) is 5.32 Å². The molecule has 31 heavy (non-hydrogen) atoms. The van der Waals surface area contributed by atoms with Gasteiger partial charge in [0.15, 0.2) is 18.3 Å². The number of ether oxygens (including phenoxy) is 4. The molecule has 10 heteroatoms. The summed E-state index contributed by atoms with van der Waals surface area (Å²) in [5.41, 5.74) is 2.31. The number of allylic oxidation sites excluding steroid dienone is 1. The topological polar surface area (TPSA) is 109 Å². The number of carbonyl (C=O) groups is 1. The largest absolute Gasteiger partial charge is 0.345 e. The van der Waals surface area contributed by atoms with Crippen molar-refractivity contribution in [3.05, 3.63) is 41.0 Å². The quantitative estimate of drug-likeness (QED) is 0.394. The summed E-state index contributed by atoms with van der Waals surface area (Å²) in [4.78, 5) is 11.9. The van der Waals surface area contributed by atoms with Crippen LogP contribution in [0.1, 0.15) is 33.3 Å². The van der Waals surface area contributed by atoms with Gasteiger partial charge in [-0.3, -0.25) is 8.98 Å². The first kappa shape index (κ1) is 22.4. The SMILES string of the molecule is CC(C)=C1C(=O)N[C@H]1O[C@@H]1[C@H]2OC(C)(C)O[C@H]2O[C@@H]1COS(=O)(=O)c1ccc(C)cc1. The first-order valence-corrected chi connectivity index (χ1v) is 11.5. The predicted molar refractivity (Wildman–Crippen MR) is 108 cm³/mol. The highest BCUT2D eigenvalue weighted by Crippen LogP contribution is 2.40. The second kappa shape index (κ2) is 7.95. The Labute approximate surface area is 181 Å². The van der Waals surface area contributed by atoms with Crippen molar-refractivity contribution in [1.29, 1.82) is 0 Å². The van der Waals surface area contributed by atoms with Crippen molar-refractivity contribution in [2.45, 2.75) is 76.1 Å². The number of fused-ring (bicyclic) bond motifs is 1. The number of amides is 1. The molecule has 9 nitrogen and oxygen atoms in total. The van der Waals surface area contributed by atoms with E-state index in [4.69, 9.17) is 23.1 Å². The third kappa shape index (κ3) is 4.41. The molecule has 1 N–H and O–H groups in total. The van der Waals surface area contributed by atoms with Crippen molar-refractivity contribution in [3.8, 4) is 0 Å². The van der Waals surface area contributed by atoms with Crippen molar-refractivity contribution >= 4 is 16.0 Å². The van der Waals surface area contributed by atoms with Crippen molar-refractivity contribution in [2.24, 2.45) is 0 Å². The zero-order valence-electron chi connectivity index (χ0n) is 18.1. The number of hydrogen-bond donors (Lipinski definition) is 1. The van der Waals surface area contributed by atoms with Gasteiger partial charge >= 0.3 is 0 Å². The van der Waals surface area contributed by atoms with Crippen LogP contribution in [0.2, 0.25) is 0 Å². The average molecular weight is 454 g/mol. The lowest BCUT2D eigenvalue weighted by Crippen LogP contribution is -2.57. The van der Waals surface area contributed by atoms with Gasteiger partial charge in [-0.2, -0.15) is 8.42 Å². The molecule has 3 aliphatic heterocycles. The van der Waals surface area contributed by atoms with Crippen molar-refractivity contribution < 1.29 is 36.3 Å². The van der Waals surface area contributed by atoms with E-state index in [1.54, 1.807) is 26.0 Å². The molecule has 3 aliphatic rings. The number of rotatable bonds is 6. The summed E-state index contributed by atoms with van der Waals surface area (Å²) in [7, 11) is -3.98. The van der Waals surface area contributed by atoms with Gasteiger partial charge < -0.3 is 24.3 Å². The summed E-state index contributed by atoms with van der Waals surface area (Å²) in [5.74, 6) is -1.07. The molecule has 0 aliphatic carbocycles. The molecule has 0 radical (unpaired) electrons. The minimum absolute atomic E-state index is 0.0560. The fourth-order valence-corrected chi connectivity index (χ4v) is 4.75. The van der Waals surface area contributed by atoms with Gasteiger partial charge in [-0.25, -0.2) is 0 Å². The molecule has 1 amide bonds. The standard InChI is InChI=1S/C21H27NO8S/c1-11(2)15-18(23)22-19(15)28-16-14(27-20-17(16)29-21(4,5)30-20)10-26-31(24,25)13-8-6-12(3)7-9-13/h6-9,14,16-17,19-20H,10H2,1-5H3,(H,22,23)/t14-,16+,17-,19+,20-/m1/s1. The van der Waals surface area contributed by atoms with E-state index in [9.17, 15) is 13.2 Å². The molecule has 170 valence electrons. The second-order valence-corrected chi connectivity index (χ2v) is 10.2. The lowest BCUT2D eigenvalue weighted by atomic mass is 10.0. The van der Waals surface area contributed by atoms with E-state index < -0.39 is 46.7 Å². The molecule has 4 rings (SSSR count). The zero-order valence-corrected chi connectivity index (χ0v) is 18.9. The number of β-lactam (4-membered cyclic amide) rings is 1. The Kier molecular flexibility index (Phi) is 5.74. The van der Waals surface area contributed by atoms with Crippen LogP contribution in [0.3, 0.4) is 0 Å². The number of benzene rings is 1. The maximum absolute atomic E-state index is 12.6. The van der Waals surface area contributed by atoms with E-state index in [-0.39, 0.29) is 17.4 Å². The van der Waals surface area contributed by atoms with E-state index in [1.165, 1.54) is 12.1 Å². The summed E-state index contributed by atoms with van der Waals surface area (Å²) in [6, 6.07) is 6.37. The minimum Gasteiger partial charge on any atom is -0.345 e. The second-order valence-electron chi connectivity index (χ2n) is 8.56. The van der Waals surface area contributed by atoms with Crippen LogP contribution in [0.25, 0.3) is 0 Å². The number of nitrogens with one attached hydrogen (secondary N) is 1. The Morgan fingerprint density at radius 2 is 1.84 bits per heavy atom. The Morgan fingerprint density at radius 3 is 2.45 bits per heavy atom. The van der Waals surface area contributed by atoms with Gasteiger partial charge in [0.1, 0.15) is 18.3 Å². The molecule has 0 spiro atoms. The summed E-state index contributed by atoms with van der Waals surface area (Å²) in [6.45, 7) is 8.74. The fraction of sp³-hybridized carbons (Fsp3) is 0.571. The van der Waals surface area contributed by atoms with Gasteiger partial charge in [-0.05, 0) is 46.8 Å². The third-order valence-electron chi connectivity index (χ3n) is 5.39. The first-order chi connectivity index (χ1) is 14.5. The average Bonchev–Trinajstić information content (AvgIpc) is 3.11. The number of hydrogen-bond acceptors (Lipinski definition) is 8.